The number of hydrogen-bond acceptors (Lipinski definition) is 3. The van der Waals surface area contributed by atoms with Crippen molar-refractivity contribution in [2.75, 3.05) is 5.75 Å². The highest BCUT2D eigenvalue weighted by Crippen LogP contribution is 2.19. The minimum Gasteiger partial charge on any atom is -0.272 e. The van der Waals surface area contributed by atoms with Crippen molar-refractivity contribution in [2.45, 2.75) is 19.6 Å². The molecule has 0 unspecified atom stereocenters. The third-order valence-corrected chi connectivity index (χ3v) is 3.72. The SMILES string of the molecule is CC(C)=NNC(=O)CSCc1ccc2ccccc2c1. The van der Waals surface area contributed by atoms with Gasteiger partial charge in [-0.2, -0.15) is 5.10 Å². The van der Waals surface area contributed by atoms with Gasteiger partial charge in [0.25, 0.3) is 0 Å². The number of thioether (sulfide) groups is 1. The van der Waals surface area contributed by atoms with E-state index in [2.05, 4.69) is 40.9 Å². The molecule has 0 aliphatic carbocycles. The van der Waals surface area contributed by atoms with Gasteiger partial charge in [-0.1, -0.05) is 42.5 Å². The van der Waals surface area contributed by atoms with Gasteiger partial charge in [0.05, 0.1) is 5.75 Å². The lowest BCUT2D eigenvalue weighted by atomic mass is 10.1. The van der Waals surface area contributed by atoms with Crippen LogP contribution in [0.2, 0.25) is 0 Å². The molecule has 0 bridgehead atoms. The van der Waals surface area contributed by atoms with Crippen molar-refractivity contribution in [2.24, 2.45) is 5.10 Å². The van der Waals surface area contributed by atoms with Crippen molar-refractivity contribution in [1.29, 1.82) is 0 Å². The van der Waals surface area contributed by atoms with Crippen LogP contribution in [0, 0.1) is 0 Å². The number of hydrazone groups is 1. The van der Waals surface area contributed by atoms with Gasteiger partial charge >= 0.3 is 0 Å². The van der Waals surface area contributed by atoms with E-state index in [9.17, 15) is 4.79 Å². The van der Waals surface area contributed by atoms with Gasteiger partial charge < -0.3 is 0 Å². The first-order valence-electron chi connectivity index (χ1n) is 6.50. The second-order valence-corrected chi connectivity index (χ2v) is 5.75. The molecule has 0 aliphatic heterocycles. The summed E-state index contributed by atoms with van der Waals surface area (Å²) >= 11 is 1.59. The Kier molecular flexibility index (Phi) is 5.18. The van der Waals surface area contributed by atoms with Crippen LogP contribution in [0.5, 0.6) is 0 Å². The Morgan fingerprint density at radius 1 is 1.15 bits per heavy atom. The smallest absolute Gasteiger partial charge is 0.250 e. The first-order chi connectivity index (χ1) is 9.65. The maximum absolute atomic E-state index is 11.5. The Labute approximate surface area is 123 Å². The van der Waals surface area contributed by atoms with Crippen LogP contribution in [0.4, 0.5) is 0 Å². The molecule has 20 heavy (non-hydrogen) atoms. The molecule has 2 rings (SSSR count). The molecule has 0 aliphatic rings. The number of amides is 1. The average molecular weight is 286 g/mol. The molecule has 0 saturated heterocycles. The summed E-state index contributed by atoms with van der Waals surface area (Å²) in [6.07, 6.45) is 0. The number of rotatable bonds is 5. The maximum atomic E-state index is 11.5. The predicted molar refractivity (Wildman–Crippen MR) is 87.0 cm³/mol. The van der Waals surface area contributed by atoms with Gasteiger partial charge in [-0.05, 0) is 30.2 Å². The van der Waals surface area contributed by atoms with Crippen LogP contribution < -0.4 is 5.43 Å². The van der Waals surface area contributed by atoms with Crippen LogP contribution in [-0.2, 0) is 10.5 Å². The number of benzene rings is 2. The van der Waals surface area contributed by atoms with Crippen molar-refractivity contribution in [3.8, 4) is 0 Å². The molecule has 1 N–H and O–H groups in total. The van der Waals surface area contributed by atoms with Crippen molar-refractivity contribution < 1.29 is 4.79 Å². The quantitative estimate of drug-likeness (QED) is 0.674. The third kappa shape index (κ3) is 4.38. The van der Waals surface area contributed by atoms with Gasteiger partial charge in [0.15, 0.2) is 0 Å². The van der Waals surface area contributed by atoms with Crippen LogP contribution in [0.3, 0.4) is 0 Å². The fourth-order valence-corrected chi connectivity index (χ4v) is 2.56. The lowest BCUT2D eigenvalue weighted by Gasteiger charge is -2.04. The molecule has 0 fully saturated rings. The standard InChI is InChI=1S/C16H18N2OS/c1-12(2)17-18-16(19)11-20-10-13-7-8-14-5-3-4-6-15(14)9-13/h3-9H,10-11H2,1-2H3,(H,18,19). The molecule has 0 heterocycles. The number of carbonyl (C=O) groups excluding carboxylic acids is 1. The highest BCUT2D eigenvalue weighted by Gasteiger charge is 2.01. The summed E-state index contributed by atoms with van der Waals surface area (Å²) in [5.41, 5.74) is 4.60. The summed E-state index contributed by atoms with van der Waals surface area (Å²) in [5.74, 6) is 1.19. The highest BCUT2D eigenvalue weighted by molar-refractivity contribution is 7.99. The minimum atomic E-state index is -0.0583. The number of carbonyl (C=O) groups is 1. The van der Waals surface area contributed by atoms with Crippen LogP contribution in [0.1, 0.15) is 19.4 Å². The fourth-order valence-electron chi connectivity index (χ4n) is 1.80. The number of nitrogens with one attached hydrogen (secondary N) is 1. The van der Waals surface area contributed by atoms with Gasteiger partial charge in [-0.15, -0.1) is 11.8 Å². The molecule has 0 atom stereocenters. The zero-order valence-corrected chi connectivity index (χ0v) is 12.5. The number of hydrogen-bond donors (Lipinski definition) is 1. The second-order valence-electron chi connectivity index (χ2n) is 4.77. The Bertz CT molecular complexity index is 633. The van der Waals surface area contributed by atoms with E-state index < -0.39 is 0 Å². The van der Waals surface area contributed by atoms with Gasteiger partial charge in [-0.3, -0.25) is 4.79 Å². The largest absolute Gasteiger partial charge is 0.272 e. The summed E-state index contributed by atoms with van der Waals surface area (Å²) in [6.45, 7) is 3.70. The maximum Gasteiger partial charge on any atom is 0.250 e. The van der Waals surface area contributed by atoms with E-state index in [4.69, 9.17) is 0 Å². The Morgan fingerprint density at radius 3 is 2.65 bits per heavy atom. The van der Waals surface area contributed by atoms with Crippen LogP contribution in [0.25, 0.3) is 10.8 Å². The van der Waals surface area contributed by atoms with E-state index >= 15 is 0 Å². The summed E-state index contributed by atoms with van der Waals surface area (Å²) in [5, 5.41) is 6.37. The van der Waals surface area contributed by atoms with Crippen molar-refractivity contribution in [3.63, 3.8) is 0 Å². The lowest BCUT2D eigenvalue weighted by Crippen LogP contribution is -2.20. The minimum absolute atomic E-state index is 0.0583. The third-order valence-electron chi connectivity index (χ3n) is 2.72. The normalized spacial score (nSPS) is 10.3. The second kappa shape index (κ2) is 7.10. The zero-order chi connectivity index (χ0) is 14.4. The van der Waals surface area contributed by atoms with E-state index in [0.717, 1.165) is 11.5 Å². The molecule has 0 spiro atoms. The Morgan fingerprint density at radius 2 is 1.90 bits per heavy atom. The van der Waals surface area contributed by atoms with Gasteiger partial charge in [-0.25, -0.2) is 5.43 Å². The zero-order valence-electron chi connectivity index (χ0n) is 11.7. The van der Waals surface area contributed by atoms with Crippen molar-refractivity contribution in [3.05, 3.63) is 48.0 Å². The Hall–Kier alpha value is -1.81. The average Bonchev–Trinajstić information content (AvgIpc) is 2.45. The van der Waals surface area contributed by atoms with Crippen LogP contribution >= 0.6 is 11.8 Å². The summed E-state index contributed by atoms with van der Waals surface area (Å²) in [7, 11) is 0. The molecule has 1 amide bonds. The van der Waals surface area contributed by atoms with E-state index in [-0.39, 0.29) is 5.91 Å². The summed E-state index contributed by atoms with van der Waals surface area (Å²) in [4.78, 5) is 11.5. The predicted octanol–water partition coefficient (Wildman–Crippen LogP) is 3.59. The summed E-state index contributed by atoms with van der Waals surface area (Å²) in [6, 6.07) is 14.7. The van der Waals surface area contributed by atoms with Crippen molar-refractivity contribution in [1.82, 2.24) is 5.43 Å². The fraction of sp³-hybridized carbons (Fsp3) is 0.250. The van der Waals surface area contributed by atoms with E-state index in [0.29, 0.717) is 5.75 Å². The van der Waals surface area contributed by atoms with Gasteiger partial charge in [0.1, 0.15) is 0 Å². The van der Waals surface area contributed by atoms with E-state index in [1.807, 2.05) is 26.0 Å². The molecule has 2 aromatic carbocycles. The Balaban J connectivity index is 1.86. The monoisotopic (exact) mass is 286 g/mol. The van der Waals surface area contributed by atoms with Crippen LogP contribution in [0.15, 0.2) is 47.6 Å². The molecule has 0 saturated carbocycles. The lowest BCUT2D eigenvalue weighted by molar-refractivity contribution is -0.118. The first kappa shape index (κ1) is 14.6. The number of fused-ring (bicyclic) bond motifs is 1. The molecule has 2 aromatic rings. The molecule has 4 heteroatoms. The van der Waals surface area contributed by atoms with Gasteiger partial charge in [0.2, 0.25) is 5.91 Å². The molecule has 3 nitrogen and oxygen atoms in total. The van der Waals surface area contributed by atoms with E-state index in [1.54, 1.807) is 11.8 Å². The molecular weight excluding hydrogens is 268 g/mol. The molecular formula is C16H18N2OS. The summed E-state index contributed by atoms with van der Waals surface area (Å²) < 4.78 is 0. The topological polar surface area (TPSA) is 41.5 Å². The van der Waals surface area contributed by atoms with E-state index in [1.165, 1.54) is 16.3 Å². The first-order valence-corrected chi connectivity index (χ1v) is 7.66. The molecule has 0 aromatic heterocycles. The number of nitrogens with zero attached hydrogens (tertiary/aromatic N) is 1. The highest BCUT2D eigenvalue weighted by atomic mass is 32.2. The van der Waals surface area contributed by atoms with Gasteiger partial charge in [0, 0.05) is 11.5 Å². The molecule has 0 radical (unpaired) electrons. The molecule has 104 valence electrons. The van der Waals surface area contributed by atoms with Crippen LogP contribution in [-0.4, -0.2) is 17.4 Å². The van der Waals surface area contributed by atoms with Crippen molar-refractivity contribution >= 4 is 34.2 Å².